The fraction of sp³-hybridized carbons (Fsp3) is 0.346. The molecule has 0 radical (unpaired) electrons. The summed E-state index contributed by atoms with van der Waals surface area (Å²) >= 11 is 25.9. The smallest absolute Gasteiger partial charge is 0.246 e. The minimum Gasteiger partial charge on any atom is -0.394 e. The number of carbonyl (C=O) groups excluding carboxylic acids is 2. The van der Waals surface area contributed by atoms with Crippen molar-refractivity contribution in [2.75, 3.05) is 39.5 Å². The first-order chi connectivity index (χ1) is 41.1. The second kappa shape index (κ2) is 26.0. The first-order valence-electron chi connectivity index (χ1n) is 25.7. The number of nitrogens with one attached hydrogen (secondary N) is 2. The van der Waals surface area contributed by atoms with Gasteiger partial charge in [0, 0.05) is 34.3 Å². The number of nitrogens with zero attached hydrogens (tertiary/aromatic N) is 12. The summed E-state index contributed by atoms with van der Waals surface area (Å²) in [6, 6.07) is 8.83. The molecule has 24 nitrogen and oxygen atoms in total. The SMILES string of the molecule is Cc1nc(C2OC(CO)C(O)C(n3cc(-c4cc(F)c(F)c(F)c4)nn3)C2OCC(=O)NCCNC(=O)COC2C(c3nc(C)nn3-c3cc(Cl)ccc3Cl)OC(CO)C(O)C2n2cc(-c3cc(F)c(F)c(F)c3)nn2)n(-c2cc(Cl)ccc2Cl)n1. The summed E-state index contributed by atoms with van der Waals surface area (Å²) < 4.78 is 115. The van der Waals surface area contributed by atoms with Gasteiger partial charge < -0.3 is 50.0 Å². The normalized spacial score (nSPS) is 22.3. The Bertz CT molecular complexity index is 3540. The highest BCUT2D eigenvalue weighted by atomic mass is 35.5. The lowest BCUT2D eigenvalue weighted by Gasteiger charge is -2.43. The standard InChI is InChI=1S/C52H46Cl4F6N14O10/c1-21-65-51(75(69-21)35-13-25(53)3-5-27(35)55)49-47(43(45(81)37(17-77)85-49)73-15-33(67-71-73)23-9-29(57)41(61)30(58)10-23)83-19-39(79)63-7-8-64-40(80)20-84-48-44(74-16-34(68-72-74)24-11-31(59)42(62)32(60)12-24)46(82)38(18-78)86-50(48)52-66-22(2)70-76(52)36-14-26(54)4-6-28(36)56/h3-6,9-16,37-38,43-50,77-78,81-82H,7-8,17-20H2,1-2H3,(H,63,79)(H,64,80). The molecular formula is C52H46Cl4F6N14O10. The van der Waals surface area contributed by atoms with Crippen molar-refractivity contribution in [1.29, 1.82) is 0 Å². The van der Waals surface area contributed by atoms with Crippen molar-refractivity contribution < 1.29 is 75.3 Å². The second-order valence-corrected chi connectivity index (χ2v) is 21.2. The van der Waals surface area contributed by atoms with Crippen molar-refractivity contribution >= 4 is 58.2 Å². The van der Waals surface area contributed by atoms with Crippen LogP contribution in [0, 0.1) is 48.8 Å². The Hall–Kier alpha value is -7.20. The average molecular weight is 1280 g/mol. The van der Waals surface area contributed by atoms with E-state index in [2.05, 4.69) is 51.4 Å². The maximum absolute atomic E-state index is 14.4. The molecule has 10 rings (SSSR count). The summed E-state index contributed by atoms with van der Waals surface area (Å²) in [6.07, 6.45) is -9.79. The molecule has 10 atom stereocenters. The van der Waals surface area contributed by atoms with E-state index in [9.17, 15) is 56.4 Å². The van der Waals surface area contributed by atoms with Crippen LogP contribution >= 0.6 is 46.4 Å². The number of hydrogen-bond donors (Lipinski definition) is 6. The monoisotopic (exact) mass is 1280 g/mol. The van der Waals surface area contributed by atoms with Crippen LogP contribution in [0.3, 0.4) is 0 Å². The van der Waals surface area contributed by atoms with Crippen LogP contribution in [0.1, 0.15) is 47.6 Å². The Labute approximate surface area is 501 Å². The summed E-state index contributed by atoms with van der Waals surface area (Å²) in [5.41, 5.74) is -0.406. The molecule has 2 saturated heterocycles. The summed E-state index contributed by atoms with van der Waals surface area (Å²) in [6.45, 7) is -0.594. The fourth-order valence-corrected chi connectivity index (χ4v) is 10.6. The van der Waals surface area contributed by atoms with Crippen molar-refractivity contribution in [3.63, 3.8) is 0 Å². The minimum absolute atomic E-state index is 0.0209. The van der Waals surface area contributed by atoms with Gasteiger partial charge in [0.15, 0.2) is 46.6 Å². The highest BCUT2D eigenvalue weighted by Crippen LogP contribution is 2.43. The van der Waals surface area contributed by atoms with Gasteiger partial charge in [-0.1, -0.05) is 56.8 Å². The number of rotatable bonds is 19. The molecule has 0 aliphatic carbocycles. The number of ether oxygens (including phenoxy) is 4. The third-order valence-electron chi connectivity index (χ3n) is 13.8. The number of aliphatic hydroxyl groups excluding tert-OH is 4. The molecule has 0 bridgehead atoms. The van der Waals surface area contributed by atoms with Crippen LogP contribution in [-0.4, -0.2) is 168 Å². The van der Waals surface area contributed by atoms with Crippen LogP contribution in [0.2, 0.25) is 20.1 Å². The molecule has 6 N–H and O–H groups in total. The number of hydrogen-bond acceptors (Lipinski definition) is 18. The topological polar surface area (TPSA) is 299 Å². The van der Waals surface area contributed by atoms with Crippen LogP contribution in [-0.2, 0) is 28.5 Å². The van der Waals surface area contributed by atoms with Crippen molar-refractivity contribution in [3.8, 4) is 33.9 Å². The third-order valence-corrected chi connectivity index (χ3v) is 14.9. The molecule has 2 fully saturated rings. The van der Waals surface area contributed by atoms with Crippen molar-refractivity contribution in [3.05, 3.63) is 151 Å². The zero-order valence-electron chi connectivity index (χ0n) is 44.3. The Morgan fingerprint density at radius 2 is 0.965 bits per heavy atom. The van der Waals surface area contributed by atoms with Crippen LogP contribution in [0.25, 0.3) is 33.9 Å². The molecule has 4 aromatic heterocycles. The van der Waals surface area contributed by atoms with Gasteiger partial charge in [0.2, 0.25) is 11.8 Å². The quantitative estimate of drug-likeness (QED) is 0.0344. The van der Waals surface area contributed by atoms with Gasteiger partial charge in [-0.2, -0.15) is 10.2 Å². The number of carbonyl (C=O) groups is 2. The molecular weight excluding hydrogens is 1240 g/mol. The molecule has 34 heteroatoms. The van der Waals surface area contributed by atoms with Crippen molar-refractivity contribution in [1.82, 2.24) is 70.2 Å². The lowest BCUT2D eigenvalue weighted by Crippen LogP contribution is -2.54. The molecule has 8 aromatic rings. The number of aromatic nitrogens is 12. The highest BCUT2D eigenvalue weighted by Gasteiger charge is 2.52. The van der Waals surface area contributed by atoms with Gasteiger partial charge in [-0.3, -0.25) is 9.59 Å². The molecule has 10 unspecified atom stereocenters. The lowest BCUT2D eigenvalue weighted by molar-refractivity contribution is -0.223. The number of amides is 2. The maximum Gasteiger partial charge on any atom is 0.246 e. The van der Waals surface area contributed by atoms with Gasteiger partial charge in [-0.05, 0) is 74.5 Å². The van der Waals surface area contributed by atoms with Gasteiger partial charge in [-0.15, -0.1) is 10.2 Å². The van der Waals surface area contributed by atoms with Gasteiger partial charge in [0.25, 0.3) is 0 Å². The number of halogens is 10. The van der Waals surface area contributed by atoms with E-state index >= 15 is 0 Å². The summed E-state index contributed by atoms with van der Waals surface area (Å²) in [5.74, 6) is -10.8. The Morgan fingerprint density at radius 1 is 0.593 bits per heavy atom. The number of benzene rings is 4. The molecule has 2 amide bonds. The zero-order valence-corrected chi connectivity index (χ0v) is 47.4. The van der Waals surface area contributed by atoms with Crippen molar-refractivity contribution in [2.45, 2.75) is 74.8 Å². The summed E-state index contributed by atoms with van der Waals surface area (Å²) in [7, 11) is 0. The molecule has 86 heavy (non-hydrogen) atoms. The fourth-order valence-electron chi connectivity index (χ4n) is 9.83. The zero-order chi connectivity index (χ0) is 61.4. The highest BCUT2D eigenvalue weighted by molar-refractivity contribution is 6.35. The molecule has 2 aliphatic heterocycles. The molecule has 6 heterocycles. The minimum atomic E-state index is -1.73. The van der Waals surface area contributed by atoms with Gasteiger partial charge >= 0.3 is 0 Å². The van der Waals surface area contributed by atoms with Crippen LogP contribution in [0.5, 0.6) is 0 Å². The Morgan fingerprint density at radius 3 is 1.33 bits per heavy atom. The largest absolute Gasteiger partial charge is 0.394 e. The van der Waals surface area contributed by atoms with Crippen molar-refractivity contribution in [2.24, 2.45) is 0 Å². The first kappa shape index (κ1) is 61.9. The van der Waals surface area contributed by atoms with E-state index in [1.165, 1.54) is 45.8 Å². The Kier molecular flexibility index (Phi) is 18.7. The predicted octanol–water partition coefficient (Wildman–Crippen LogP) is 5.20. The molecule has 454 valence electrons. The van der Waals surface area contributed by atoms with Crippen LogP contribution in [0.15, 0.2) is 73.1 Å². The van der Waals surface area contributed by atoms with E-state index < -0.39 is 134 Å². The van der Waals surface area contributed by atoms with E-state index in [1.807, 2.05) is 0 Å². The van der Waals surface area contributed by atoms with Gasteiger partial charge in [0.1, 0.15) is 97.2 Å². The lowest BCUT2D eigenvalue weighted by atomic mass is 9.91. The molecule has 2 aliphatic rings. The Balaban J connectivity index is 0.875. The predicted molar refractivity (Wildman–Crippen MR) is 288 cm³/mol. The summed E-state index contributed by atoms with van der Waals surface area (Å²) in [5, 5.41) is 75.7. The van der Waals surface area contributed by atoms with Gasteiger partial charge in [0.05, 0.1) is 47.0 Å². The number of aliphatic hydroxyl groups is 4. The average Bonchev–Trinajstić information content (AvgIpc) is 1.67. The number of aryl methyl sites for hydroxylation is 2. The summed E-state index contributed by atoms with van der Waals surface area (Å²) in [4.78, 5) is 36.5. The molecule has 4 aromatic carbocycles. The van der Waals surface area contributed by atoms with E-state index in [0.717, 1.165) is 21.8 Å². The van der Waals surface area contributed by atoms with Gasteiger partial charge in [-0.25, -0.2) is 55.0 Å². The second-order valence-electron chi connectivity index (χ2n) is 19.5. The maximum atomic E-state index is 14.4. The van der Waals surface area contributed by atoms with E-state index in [4.69, 9.17) is 65.4 Å². The van der Waals surface area contributed by atoms with Crippen LogP contribution in [0.4, 0.5) is 26.3 Å². The first-order valence-corrected chi connectivity index (χ1v) is 27.2. The van der Waals surface area contributed by atoms with E-state index in [-0.39, 0.29) is 90.4 Å². The van der Waals surface area contributed by atoms with E-state index in [1.54, 1.807) is 13.8 Å². The van der Waals surface area contributed by atoms with E-state index in [0.29, 0.717) is 24.3 Å². The molecule has 0 saturated carbocycles. The van der Waals surface area contributed by atoms with Crippen LogP contribution < -0.4 is 10.6 Å². The molecule has 0 spiro atoms. The third kappa shape index (κ3) is 12.8.